The molecule has 0 spiro atoms. The predicted molar refractivity (Wildman–Crippen MR) is 40.8 cm³/mol. The van der Waals surface area contributed by atoms with Crippen LogP contribution in [0.4, 0.5) is 0 Å². The first-order valence-electron chi connectivity index (χ1n) is 3.31. The Morgan fingerprint density at radius 2 is 2.00 bits per heavy atom. The van der Waals surface area contributed by atoms with Gasteiger partial charge in [0.05, 0.1) is 0 Å². The van der Waals surface area contributed by atoms with Crippen molar-refractivity contribution in [3.63, 3.8) is 0 Å². The molecule has 0 heterocycles. The van der Waals surface area contributed by atoms with Crippen molar-refractivity contribution in [2.75, 3.05) is 0 Å². The third-order valence-electron chi connectivity index (χ3n) is 0.991. The summed E-state index contributed by atoms with van der Waals surface area (Å²) in [6, 6.07) is 0. The number of hydrogen-bond acceptors (Lipinski definition) is 1. The summed E-state index contributed by atoms with van der Waals surface area (Å²) in [5.74, 6) is -0.871. The Labute approximate surface area is 61.6 Å². The third kappa shape index (κ3) is 7.21. The summed E-state index contributed by atoms with van der Waals surface area (Å²) < 4.78 is 0. The van der Waals surface area contributed by atoms with E-state index in [1.165, 1.54) is 6.08 Å². The number of carboxylic acids is 1. The second kappa shape index (κ2) is 3.40. The van der Waals surface area contributed by atoms with Gasteiger partial charge < -0.3 is 5.11 Å². The van der Waals surface area contributed by atoms with E-state index < -0.39 is 5.97 Å². The number of carbonyl (C=O) groups is 1. The molecule has 0 saturated heterocycles. The number of aliphatic carboxylic acids is 1. The predicted octanol–water partition coefficient (Wildman–Crippen LogP) is 2.06. The van der Waals surface area contributed by atoms with E-state index in [1.54, 1.807) is 6.08 Å². The monoisotopic (exact) mass is 142 g/mol. The van der Waals surface area contributed by atoms with Crippen LogP contribution in [0.3, 0.4) is 0 Å². The highest BCUT2D eigenvalue weighted by atomic mass is 16.4. The van der Waals surface area contributed by atoms with Crippen LogP contribution in [0, 0.1) is 5.41 Å². The standard InChI is InChI=1S/C8H14O2/c1-8(2,3)6-4-5-7(9)10/h4-5H,6H2,1-3H3,(H,9,10)/b5-4-. The molecule has 0 amide bonds. The fourth-order valence-corrected chi connectivity index (χ4v) is 0.513. The van der Waals surface area contributed by atoms with E-state index in [1.807, 2.05) is 0 Å². The third-order valence-corrected chi connectivity index (χ3v) is 0.991. The largest absolute Gasteiger partial charge is 0.478 e. The summed E-state index contributed by atoms with van der Waals surface area (Å²) in [4.78, 5) is 10.00. The van der Waals surface area contributed by atoms with Gasteiger partial charge in [-0.05, 0) is 11.8 Å². The van der Waals surface area contributed by atoms with Crippen LogP contribution in [0.5, 0.6) is 0 Å². The molecule has 0 radical (unpaired) electrons. The summed E-state index contributed by atoms with van der Waals surface area (Å²) in [5, 5.41) is 8.22. The maximum Gasteiger partial charge on any atom is 0.327 e. The number of hydrogen-bond donors (Lipinski definition) is 1. The Hall–Kier alpha value is -0.790. The lowest BCUT2D eigenvalue weighted by Crippen LogP contribution is -2.02. The molecule has 0 aromatic heterocycles. The van der Waals surface area contributed by atoms with Gasteiger partial charge in [-0.15, -0.1) is 0 Å². The summed E-state index contributed by atoms with van der Waals surface area (Å²) >= 11 is 0. The molecule has 0 aliphatic carbocycles. The zero-order valence-electron chi connectivity index (χ0n) is 6.72. The van der Waals surface area contributed by atoms with Crippen molar-refractivity contribution in [2.24, 2.45) is 5.41 Å². The Morgan fingerprint density at radius 3 is 2.30 bits per heavy atom. The molecule has 1 N–H and O–H groups in total. The van der Waals surface area contributed by atoms with E-state index in [-0.39, 0.29) is 5.41 Å². The van der Waals surface area contributed by atoms with Crippen LogP contribution in [0.1, 0.15) is 27.2 Å². The molecule has 0 fully saturated rings. The van der Waals surface area contributed by atoms with E-state index in [0.717, 1.165) is 6.42 Å². The number of allylic oxidation sites excluding steroid dienone is 1. The van der Waals surface area contributed by atoms with Gasteiger partial charge >= 0.3 is 5.97 Å². The molecule has 0 unspecified atom stereocenters. The highest BCUT2D eigenvalue weighted by molar-refractivity contribution is 5.79. The minimum absolute atomic E-state index is 0.186. The molecule has 0 atom stereocenters. The van der Waals surface area contributed by atoms with E-state index in [2.05, 4.69) is 20.8 Å². The lowest BCUT2D eigenvalue weighted by Gasteiger charge is -2.13. The fourth-order valence-electron chi connectivity index (χ4n) is 0.513. The molecule has 2 heteroatoms. The van der Waals surface area contributed by atoms with Crippen LogP contribution in [-0.2, 0) is 4.79 Å². The van der Waals surface area contributed by atoms with Crippen molar-refractivity contribution >= 4 is 5.97 Å². The smallest absolute Gasteiger partial charge is 0.327 e. The lowest BCUT2D eigenvalue weighted by molar-refractivity contribution is -0.131. The van der Waals surface area contributed by atoms with Crippen molar-refractivity contribution in [2.45, 2.75) is 27.2 Å². The van der Waals surface area contributed by atoms with Crippen LogP contribution >= 0.6 is 0 Å². The lowest BCUT2D eigenvalue weighted by atomic mass is 9.92. The second-order valence-electron chi connectivity index (χ2n) is 3.51. The Kier molecular flexibility index (Phi) is 3.13. The van der Waals surface area contributed by atoms with Crippen LogP contribution in [0.25, 0.3) is 0 Å². The van der Waals surface area contributed by atoms with Crippen LogP contribution in [0.2, 0.25) is 0 Å². The van der Waals surface area contributed by atoms with Gasteiger partial charge in [0.2, 0.25) is 0 Å². The quantitative estimate of drug-likeness (QED) is 0.599. The molecule has 0 bridgehead atoms. The van der Waals surface area contributed by atoms with Crippen molar-refractivity contribution in [1.82, 2.24) is 0 Å². The topological polar surface area (TPSA) is 37.3 Å². The molecule has 0 aromatic carbocycles. The van der Waals surface area contributed by atoms with Gasteiger partial charge in [-0.1, -0.05) is 26.8 Å². The van der Waals surface area contributed by atoms with E-state index >= 15 is 0 Å². The van der Waals surface area contributed by atoms with Crippen LogP contribution < -0.4 is 0 Å². The number of carboxylic acid groups (broad SMARTS) is 1. The molecule has 0 aliphatic heterocycles. The van der Waals surface area contributed by atoms with Crippen molar-refractivity contribution in [3.05, 3.63) is 12.2 Å². The van der Waals surface area contributed by atoms with Crippen molar-refractivity contribution < 1.29 is 9.90 Å². The first-order valence-corrected chi connectivity index (χ1v) is 3.31. The average molecular weight is 142 g/mol. The summed E-state index contributed by atoms with van der Waals surface area (Å²) in [5.41, 5.74) is 0.186. The average Bonchev–Trinajstić information content (AvgIpc) is 1.59. The second-order valence-corrected chi connectivity index (χ2v) is 3.51. The summed E-state index contributed by atoms with van der Waals surface area (Å²) in [6.45, 7) is 6.21. The molecule has 0 rings (SSSR count). The zero-order chi connectivity index (χ0) is 8.20. The summed E-state index contributed by atoms with van der Waals surface area (Å²) in [6.07, 6.45) is 3.67. The molecule has 0 aromatic rings. The molecule has 0 aliphatic rings. The molecular formula is C8H14O2. The Morgan fingerprint density at radius 1 is 1.50 bits per heavy atom. The number of rotatable bonds is 2. The van der Waals surface area contributed by atoms with Gasteiger partial charge in [0, 0.05) is 6.08 Å². The molecule has 2 nitrogen and oxygen atoms in total. The first kappa shape index (κ1) is 9.21. The van der Waals surface area contributed by atoms with Gasteiger partial charge in [-0.2, -0.15) is 0 Å². The first-order chi connectivity index (χ1) is 4.42. The highest BCUT2D eigenvalue weighted by Gasteiger charge is 2.06. The van der Waals surface area contributed by atoms with Gasteiger partial charge in [0.1, 0.15) is 0 Å². The van der Waals surface area contributed by atoms with E-state index in [0.29, 0.717) is 0 Å². The molecule has 10 heavy (non-hydrogen) atoms. The van der Waals surface area contributed by atoms with Crippen LogP contribution in [0.15, 0.2) is 12.2 Å². The Bertz CT molecular complexity index is 140. The van der Waals surface area contributed by atoms with Crippen molar-refractivity contribution in [3.8, 4) is 0 Å². The molecule has 58 valence electrons. The SMILES string of the molecule is CC(C)(C)C/C=C\C(=O)O. The van der Waals surface area contributed by atoms with E-state index in [9.17, 15) is 4.79 Å². The van der Waals surface area contributed by atoms with Gasteiger partial charge in [0.25, 0.3) is 0 Å². The summed E-state index contributed by atoms with van der Waals surface area (Å²) in [7, 11) is 0. The van der Waals surface area contributed by atoms with Gasteiger partial charge in [-0.3, -0.25) is 0 Å². The maximum absolute atomic E-state index is 10.00. The molecular weight excluding hydrogens is 128 g/mol. The maximum atomic E-state index is 10.00. The van der Waals surface area contributed by atoms with E-state index in [4.69, 9.17) is 5.11 Å². The fraction of sp³-hybridized carbons (Fsp3) is 0.625. The minimum Gasteiger partial charge on any atom is -0.478 e. The van der Waals surface area contributed by atoms with Gasteiger partial charge in [0.15, 0.2) is 0 Å². The molecule has 0 saturated carbocycles. The van der Waals surface area contributed by atoms with Crippen molar-refractivity contribution in [1.29, 1.82) is 0 Å². The zero-order valence-corrected chi connectivity index (χ0v) is 6.72. The highest BCUT2D eigenvalue weighted by Crippen LogP contribution is 2.18. The normalized spacial score (nSPS) is 12.3. The van der Waals surface area contributed by atoms with Crippen LogP contribution in [-0.4, -0.2) is 11.1 Å². The van der Waals surface area contributed by atoms with Gasteiger partial charge in [-0.25, -0.2) is 4.79 Å². The Balaban J connectivity index is 3.64. The minimum atomic E-state index is -0.871.